The number of methoxy groups -OCH3 is 2. The van der Waals surface area contributed by atoms with Crippen LogP contribution >= 0.6 is 0 Å². The van der Waals surface area contributed by atoms with E-state index in [-0.39, 0.29) is 11.5 Å². The number of benzene rings is 2. The number of carbonyl (C=O) groups excluding carboxylic acids is 1. The van der Waals surface area contributed by atoms with E-state index < -0.39 is 0 Å². The van der Waals surface area contributed by atoms with Gasteiger partial charge in [0, 0.05) is 19.0 Å². The van der Waals surface area contributed by atoms with Crippen LogP contribution in [0, 0.1) is 0 Å². The van der Waals surface area contributed by atoms with E-state index in [4.69, 9.17) is 9.47 Å². The Morgan fingerprint density at radius 1 is 1.15 bits per heavy atom. The van der Waals surface area contributed by atoms with Crippen molar-refractivity contribution in [2.24, 2.45) is 0 Å². The molecule has 0 radical (unpaired) electrons. The number of aromatic amines is 1. The lowest BCUT2D eigenvalue weighted by Gasteiger charge is -2.10. The van der Waals surface area contributed by atoms with E-state index in [1.807, 2.05) is 6.07 Å². The molecule has 0 fully saturated rings. The fraction of sp³-hybridized carbons (Fsp3) is 0.211. The summed E-state index contributed by atoms with van der Waals surface area (Å²) in [4.78, 5) is 31.6. The van der Waals surface area contributed by atoms with Gasteiger partial charge in [0.15, 0.2) is 0 Å². The smallest absolute Gasteiger partial charge is 0.258 e. The highest BCUT2D eigenvalue weighted by atomic mass is 16.5. The lowest BCUT2D eigenvalue weighted by Crippen LogP contribution is -2.27. The van der Waals surface area contributed by atoms with Crippen molar-refractivity contribution in [3.63, 3.8) is 0 Å². The summed E-state index contributed by atoms with van der Waals surface area (Å²) >= 11 is 0. The highest BCUT2D eigenvalue weighted by molar-refractivity contribution is 5.97. The highest BCUT2D eigenvalue weighted by Gasteiger charge is 2.13. The Morgan fingerprint density at radius 3 is 2.73 bits per heavy atom. The van der Waals surface area contributed by atoms with Gasteiger partial charge in [0.2, 0.25) is 0 Å². The van der Waals surface area contributed by atoms with Crippen molar-refractivity contribution in [2.45, 2.75) is 6.42 Å². The molecule has 7 heteroatoms. The maximum absolute atomic E-state index is 12.4. The van der Waals surface area contributed by atoms with Crippen LogP contribution in [0.3, 0.4) is 0 Å². The average Bonchev–Trinajstić information content (AvgIpc) is 2.67. The van der Waals surface area contributed by atoms with Crippen molar-refractivity contribution in [2.75, 3.05) is 20.8 Å². The summed E-state index contributed by atoms with van der Waals surface area (Å²) in [5.74, 6) is 1.29. The topological polar surface area (TPSA) is 93.3 Å². The molecule has 0 bridgehead atoms. The predicted molar refractivity (Wildman–Crippen MR) is 97.9 cm³/mol. The zero-order valence-electron chi connectivity index (χ0n) is 14.5. The quantitative estimate of drug-likeness (QED) is 0.706. The maximum atomic E-state index is 12.4. The number of aromatic nitrogens is 2. The molecule has 2 N–H and O–H groups in total. The summed E-state index contributed by atoms with van der Waals surface area (Å²) in [6.07, 6.45) is 0.407. The number of para-hydroxylation sites is 1. The van der Waals surface area contributed by atoms with Gasteiger partial charge in [0.1, 0.15) is 17.3 Å². The molecule has 26 heavy (non-hydrogen) atoms. The zero-order valence-corrected chi connectivity index (χ0v) is 14.5. The third kappa shape index (κ3) is 3.66. The number of H-pyrrole nitrogens is 1. The highest BCUT2D eigenvalue weighted by Crippen LogP contribution is 2.24. The lowest BCUT2D eigenvalue weighted by molar-refractivity contribution is 0.0951. The van der Waals surface area contributed by atoms with Crippen LogP contribution in [-0.2, 0) is 6.42 Å². The minimum absolute atomic E-state index is 0.186. The van der Waals surface area contributed by atoms with Gasteiger partial charge in [-0.15, -0.1) is 0 Å². The van der Waals surface area contributed by atoms with Crippen LogP contribution in [0.15, 0.2) is 47.3 Å². The molecule has 0 saturated heterocycles. The summed E-state index contributed by atoms with van der Waals surface area (Å²) < 4.78 is 10.4. The number of fused-ring (bicyclic) bond motifs is 1. The second kappa shape index (κ2) is 7.69. The molecule has 1 aromatic heterocycles. The number of nitrogens with zero attached hydrogens (tertiary/aromatic N) is 1. The number of rotatable bonds is 6. The normalized spacial score (nSPS) is 10.5. The van der Waals surface area contributed by atoms with E-state index in [2.05, 4.69) is 15.3 Å². The number of hydrogen-bond donors (Lipinski definition) is 2. The molecule has 0 atom stereocenters. The van der Waals surface area contributed by atoms with Crippen LogP contribution < -0.4 is 20.3 Å². The fourth-order valence-corrected chi connectivity index (χ4v) is 2.63. The van der Waals surface area contributed by atoms with E-state index in [1.165, 1.54) is 7.11 Å². The minimum Gasteiger partial charge on any atom is -0.497 e. The molecule has 2 aromatic carbocycles. The number of amides is 1. The first-order chi connectivity index (χ1) is 12.6. The van der Waals surface area contributed by atoms with Crippen LogP contribution in [0.1, 0.15) is 16.2 Å². The van der Waals surface area contributed by atoms with E-state index in [9.17, 15) is 9.59 Å². The van der Waals surface area contributed by atoms with Gasteiger partial charge in [0.25, 0.3) is 11.5 Å². The molecule has 3 aromatic rings. The van der Waals surface area contributed by atoms with E-state index in [0.717, 1.165) is 0 Å². The Bertz CT molecular complexity index is 997. The molecule has 1 heterocycles. The molecule has 0 aliphatic heterocycles. The Balaban J connectivity index is 1.68. The summed E-state index contributed by atoms with van der Waals surface area (Å²) in [5, 5.41) is 3.35. The van der Waals surface area contributed by atoms with Crippen LogP contribution in [0.25, 0.3) is 10.9 Å². The SMILES string of the molecule is COc1ccc(C(=O)NCCc2nc3ccccc3c(=O)[nH]2)c(OC)c1. The van der Waals surface area contributed by atoms with E-state index >= 15 is 0 Å². The van der Waals surface area contributed by atoms with Gasteiger partial charge < -0.3 is 19.8 Å². The third-order valence-corrected chi connectivity index (χ3v) is 3.96. The first kappa shape index (κ1) is 17.5. The fourth-order valence-electron chi connectivity index (χ4n) is 2.63. The lowest BCUT2D eigenvalue weighted by atomic mass is 10.1. The van der Waals surface area contributed by atoms with Crippen LogP contribution in [-0.4, -0.2) is 36.6 Å². The van der Waals surface area contributed by atoms with Crippen molar-refractivity contribution in [1.82, 2.24) is 15.3 Å². The first-order valence-electron chi connectivity index (χ1n) is 8.10. The molecule has 134 valence electrons. The van der Waals surface area contributed by atoms with E-state index in [1.54, 1.807) is 43.5 Å². The largest absolute Gasteiger partial charge is 0.497 e. The molecule has 0 aliphatic carbocycles. The predicted octanol–water partition coefficient (Wildman–Crippen LogP) is 1.91. The molecular weight excluding hydrogens is 334 g/mol. The van der Waals surface area contributed by atoms with Gasteiger partial charge in [-0.05, 0) is 24.3 Å². The minimum atomic E-state index is -0.271. The number of nitrogens with one attached hydrogen (secondary N) is 2. The Hall–Kier alpha value is -3.35. The van der Waals surface area contributed by atoms with Crippen molar-refractivity contribution < 1.29 is 14.3 Å². The molecular formula is C19H19N3O4. The summed E-state index contributed by atoms with van der Waals surface area (Å²) in [6.45, 7) is 0.329. The van der Waals surface area contributed by atoms with Gasteiger partial charge >= 0.3 is 0 Å². The summed E-state index contributed by atoms with van der Waals surface area (Å²) in [7, 11) is 3.04. The average molecular weight is 353 g/mol. The summed E-state index contributed by atoms with van der Waals surface area (Å²) in [6, 6.07) is 12.1. The molecule has 0 unspecified atom stereocenters. The second-order valence-corrected chi connectivity index (χ2v) is 5.60. The Kier molecular flexibility index (Phi) is 5.17. The number of ether oxygens (including phenoxy) is 2. The summed E-state index contributed by atoms with van der Waals surface area (Å²) in [5.41, 5.74) is 0.858. The molecule has 0 aliphatic rings. The number of hydrogen-bond acceptors (Lipinski definition) is 5. The molecule has 0 saturated carbocycles. The van der Waals surface area contributed by atoms with Crippen molar-refractivity contribution in [1.29, 1.82) is 0 Å². The van der Waals surface area contributed by atoms with Crippen LogP contribution in [0.4, 0.5) is 0 Å². The van der Waals surface area contributed by atoms with Crippen molar-refractivity contribution in [3.05, 3.63) is 64.2 Å². The Labute approximate surface area is 150 Å². The van der Waals surface area contributed by atoms with Gasteiger partial charge in [-0.1, -0.05) is 12.1 Å². The Morgan fingerprint density at radius 2 is 1.96 bits per heavy atom. The standard InChI is InChI=1S/C19H19N3O4/c1-25-12-7-8-14(16(11-12)26-2)18(23)20-10-9-17-21-15-6-4-3-5-13(15)19(24)22-17/h3-8,11H,9-10H2,1-2H3,(H,20,23)(H,21,22,24). The van der Waals surface area contributed by atoms with Crippen LogP contribution in [0.5, 0.6) is 11.5 Å². The molecule has 1 amide bonds. The van der Waals surface area contributed by atoms with Gasteiger partial charge in [0.05, 0.1) is 30.7 Å². The second-order valence-electron chi connectivity index (χ2n) is 5.60. The molecule has 7 nitrogen and oxygen atoms in total. The number of carbonyl (C=O) groups is 1. The maximum Gasteiger partial charge on any atom is 0.258 e. The van der Waals surface area contributed by atoms with Gasteiger partial charge in [-0.2, -0.15) is 0 Å². The molecule has 3 rings (SSSR count). The first-order valence-corrected chi connectivity index (χ1v) is 8.10. The molecule has 0 spiro atoms. The van der Waals surface area contributed by atoms with E-state index in [0.29, 0.717) is 46.8 Å². The third-order valence-electron chi connectivity index (χ3n) is 3.96. The zero-order chi connectivity index (χ0) is 18.5. The van der Waals surface area contributed by atoms with Crippen LogP contribution in [0.2, 0.25) is 0 Å². The van der Waals surface area contributed by atoms with Crippen molar-refractivity contribution >= 4 is 16.8 Å². The van der Waals surface area contributed by atoms with Crippen molar-refractivity contribution in [3.8, 4) is 11.5 Å². The monoisotopic (exact) mass is 353 g/mol. The van der Waals surface area contributed by atoms with Gasteiger partial charge in [-0.3, -0.25) is 9.59 Å². The van der Waals surface area contributed by atoms with Gasteiger partial charge in [-0.25, -0.2) is 4.98 Å².